The largest absolute Gasteiger partial charge is 0.385 e. The van der Waals surface area contributed by atoms with Crippen LogP contribution in [0.1, 0.15) is 12.8 Å². The van der Waals surface area contributed by atoms with Crippen LogP contribution in [0.4, 0.5) is 11.4 Å². The van der Waals surface area contributed by atoms with Gasteiger partial charge in [-0.1, -0.05) is 11.6 Å². The van der Waals surface area contributed by atoms with E-state index in [1.54, 1.807) is 12.1 Å². The van der Waals surface area contributed by atoms with Gasteiger partial charge in [0, 0.05) is 18.3 Å². The van der Waals surface area contributed by atoms with E-state index in [1.165, 1.54) is 6.07 Å². The van der Waals surface area contributed by atoms with Crippen molar-refractivity contribution in [1.82, 2.24) is 0 Å². The number of nitrogens with zero attached hydrogens (tertiary/aromatic N) is 1. The fourth-order valence-corrected chi connectivity index (χ4v) is 2.11. The number of unbranched alkanes of at least 4 members (excludes halogenated alkanes) is 1. The molecule has 0 aliphatic heterocycles. The van der Waals surface area contributed by atoms with Crippen LogP contribution in [0, 0.1) is 10.1 Å². The summed E-state index contributed by atoms with van der Waals surface area (Å²) in [6.45, 7) is 0.856. The maximum Gasteiger partial charge on any atom is 0.288 e. The summed E-state index contributed by atoms with van der Waals surface area (Å²) in [5.41, 5.74) is 0.768. The van der Waals surface area contributed by atoms with Crippen molar-refractivity contribution in [1.29, 1.82) is 0 Å². The molecule has 1 aromatic rings. The maximum absolute atomic E-state index is 10.6. The highest BCUT2D eigenvalue weighted by atomic mass is 35.5. The van der Waals surface area contributed by atoms with Crippen LogP contribution >= 0.6 is 23.4 Å². The summed E-state index contributed by atoms with van der Waals surface area (Å²) in [5, 5.41) is 13.9. The van der Waals surface area contributed by atoms with E-state index in [0.29, 0.717) is 0 Å². The first kappa shape index (κ1) is 14.1. The van der Waals surface area contributed by atoms with Crippen molar-refractivity contribution >= 4 is 34.7 Å². The molecule has 1 rings (SSSR count). The van der Waals surface area contributed by atoms with E-state index < -0.39 is 4.92 Å². The molecule has 0 unspecified atom stereocenters. The highest BCUT2D eigenvalue weighted by molar-refractivity contribution is 7.98. The Hall–Kier alpha value is -0.940. The summed E-state index contributed by atoms with van der Waals surface area (Å²) < 4.78 is 0. The van der Waals surface area contributed by atoms with Crippen molar-refractivity contribution < 1.29 is 4.92 Å². The third-order valence-electron chi connectivity index (χ3n) is 2.25. The van der Waals surface area contributed by atoms with E-state index in [4.69, 9.17) is 11.6 Å². The smallest absolute Gasteiger partial charge is 0.288 e. The lowest BCUT2D eigenvalue weighted by Gasteiger charge is -2.06. The van der Waals surface area contributed by atoms with Gasteiger partial charge in [-0.25, -0.2) is 0 Å². The molecule has 0 spiro atoms. The summed E-state index contributed by atoms with van der Waals surface area (Å²) in [6.07, 6.45) is 4.33. The molecule has 0 atom stereocenters. The average Bonchev–Trinajstić information content (AvgIpc) is 2.28. The molecule has 1 N–H and O–H groups in total. The minimum absolute atomic E-state index is 0.0559. The van der Waals surface area contributed by atoms with Crippen LogP contribution in [0.5, 0.6) is 0 Å². The van der Waals surface area contributed by atoms with E-state index in [1.807, 2.05) is 11.8 Å². The number of nitro benzene ring substituents is 1. The molecule has 0 bridgehead atoms. The molecule has 0 aromatic heterocycles. The summed E-state index contributed by atoms with van der Waals surface area (Å²) in [4.78, 5) is 10.1. The number of hydrogen-bond donors (Lipinski definition) is 1. The Morgan fingerprint density at radius 2 is 2.24 bits per heavy atom. The molecular weight excluding hydrogens is 260 g/mol. The zero-order chi connectivity index (χ0) is 12.7. The molecule has 4 nitrogen and oxygen atoms in total. The first-order valence-corrected chi connectivity index (χ1v) is 7.09. The summed E-state index contributed by atoms with van der Waals surface area (Å²) >= 11 is 7.63. The first-order chi connectivity index (χ1) is 8.15. The van der Waals surface area contributed by atoms with Gasteiger partial charge >= 0.3 is 0 Å². The fraction of sp³-hybridized carbons (Fsp3) is 0.455. The van der Waals surface area contributed by atoms with Gasteiger partial charge < -0.3 is 5.32 Å². The average molecular weight is 275 g/mol. The number of hydrogen-bond acceptors (Lipinski definition) is 4. The summed E-state index contributed by atoms with van der Waals surface area (Å²) in [5.74, 6) is 1.16. The van der Waals surface area contributed by atoms with Gasteiger partial charge in [-0.2, -0.15) is 11.8 Å². The Kier molecular flexibility index (Phi) is 6.15. The normalized spacial score (nSPS) is 10.2. The van der Waals surface area contributed by atoms with Crippen LogP contribution in [0.2, 0.25) is 5.02 Å². The lowest BCUT2D eigenvalue weighted by molar-refractivity contribution is -0.384. The second-order valence-electron chi connectivity index (χ2n) is 3.55. The van der Waals surface area contributed by atoms with Crippen LogP contribution in [-0.2, 0) is 0 Å². The molecule has 94 valence electrons. The molecule has 0 amide bonds. The Labute approximate surface area is 110 Å². The molecule has 17 heavy (non-hydrogen) atoms. The Bertz CT molecular complexity index is 388. The third kappa shape index (κ3) is 4.83. The molecular formula is C11H15ClN2O2S. The van der Waals surface area contributed by atoms with Gasteiger partial charge in [0.15, 0.2) is 0 Å². The van der Waals surface area contributed by atoms with Crippen LogP contribution in [-0.4, -0.2) is 23.5 Å². The van der Waals surface area contributed by atoms with Gasteiger partial charge in [0.05, 0.1) is 4.92 Å². The predicted octanol–water partition coefficient (Wildman–Crippen LogP) is 3.80. The van der Waals surface area contributed by atoms with Crippen molar-refractivity contribution in [2.45, 2.75) is 12.8 Å². The van der Waals surface area contributed by atoms with Gasteiger partial charge in [-0.3, -0.25) is 10.1 Å². The van der Waals surface area contributed by atoms with Crippen LogP contribution in [0.25, 0.3) is 0 Å². The lowest BCUT2D eigenvalue weighted by Crippen LogP contribution is -2.02. The molecule has 0 heterocycles. The van der Waals surface area contributed by atoms with Crippen molar-refractivity contribution in [2.24, 2.45) is 0 Å². The van der Waals surface area contributed by atoms with Crippen molar-refractivity contribution in [2.75, 3.05) is 23.9 Å². The highest BCUT2D eigenvalue weighted by Gasteiger charge is 2.11. The SMILES string of the molecule is CSCCCCNc1ccc([N+](=O)[O-])c(Cl)c1. The molecule has 6 heteroatoms. The van der Waals surface area contributed by atoms with Crippen molar-refractivity contribution in [3.63, 3.8) is 0 Å². The molecule has 0 radical (unpaired) electrons. The molecule has 0 saturated carbocycles. The van der Waals surface area contributed by atoms with Crippen LogP contribution in [0.3, 0.4) is 0 Å². The van der Waals surface area contributed by atoms with E-state index in [2.05, 4.69) is 11.6 Å². The standard InChI is InChI=1S/C11H15ClN2O2S/c1-17-7-3-2-6-13-9-4-5-11(14(15)16)10(12)8-9/h4-5,8,13H,2-3,6-7H2,1H3. The Morgan fingerprint density at radius 1 is 1.47 bits per heavy atom. The third-order valence-corrected chi connectivity index (χ3v) is 3.25. The number of thioether (sulfide) groups is 1. The second-order valence-corrected chi connectivity index (χ2v) is 4.94. The number of anilines is 1. The van der Waals surface area contributed by atoms with Gasteiger partial charge in [-0.15, -0.1) is 0 Å². The monoisotopic (exact) mass is 274 g/mol. The van der Waals surface area contributed by atoms with E-state index in [9.17, 15) is 10.1 Å². The highest BCUT2D eigenvalue weighted by Crippen LogP contribution is 2.27. The zero-order valence-electron chi connectivity index (χ0n) is 9.61. The zero-order valence-corrected chi connectivity index (χ0v) is 11.2. The van der Waals surface area contributed by atoms with E-state index in [0.717, 1.165) is 30.8 Å². The summed E-state index contributed by atoms with van der Waals surface area (Å²) in [7, 11) is 0. The topological polar surface area (TPSA) is 55.2 Å². The quantitative estimate of drug-likeness (QED) is 0.467. The lowest BCUT2D eigenvalue weighted by atomic mass is 10.2. The van der Waals surface area contributed by atoms with Crippen LogP contribution < -0.4 is 5.32 Å². The molecule has 0 saturated heterocycles. The summed E-state index contributed by atoms with van der Waals surface area (Å²) in [6, 6.07) is 4.69. The van der Waals surface area contributed by atoms with Crippen molar-refractivity contribution in [3.05, 3.63) is 33.3 Å². The van der Waals surface area contributed by atoms with E-state index >= 15 is 0 Å². The predicted molar refractivity (Wildman–Crippen MR) is 74.2 cm³/mol. The number of nitrogens with one attached hydrogen (secondary N) is 1. The minimum atomic E-state index is -0.482. The molecule has 0 fully saturated rings. The molecule has 0 aliphatic rings. The van der Waals surface area contributed by atoms with E-state index in [-0.39, 0.29) is 10.7 Å². The fourth-order valence-electron chi connectivity index (χ4n) is 1.37. The van der Waals surface area contributed by atoms with Gasteiger partial charge in [0.25, 0.3) is 5.69 Å². The number of rotatable bonds is 7. The van der Waals surface area contributed by atoms with Crippen LogP contribution in [0.15, 0.2) is 18.2 Å². The second kappa shape index (κ2) is 7.40. The Balaban J connectivity index is 2.45. The first-order valence-electron chi connectivity index (χ1n) is 5.32. The van der Waals surface area contributed by atoms with Gasteiger partial charge in [0.1, 0.15) is 5.02 Å². The number of halogens is 1. The minimum Gasteiger partial charge on any atom is -0.385 e. The Morgan fingerprint density at radius 3 is 2.82 bits per heavy atom. The van der Waals surface area contributed by atoms with Crippen molar-refractivity contribution in [3.8, 4) is 0 Å². The molecule has 1 aromatic carbocycles. The number of benzene rings is 1. The van der Waals surface area contributed by atoms with Gasteiger partial charge in [0.2, 0.25) is 0 Å². The molecule has 0 aliphatic carbocycles. The number of nitro groups is 1. The maximum atomic E-state index is 10.6. The van der Waals surface area contributed by atoms with Gasteiger partial charge in [-0.05, 0) is 37.0 Å².